The topological polar surface area (TPSA) is 56.0 Å². The van der Waals surface area contributed by atoms with Crippen LogP contribution in [-0.4, -0.2) is 10.9 Å². The van der Waals surface area contributed by atoms with Crippen LogP contribution in [0.1, 0.15) is 0 Å². The van der Waals surface area contributed by atoms with Gasteiger partial charge in [0, 0.05) is 6.08 Å². The zero-order valence-corrected chi connectivity index (χ0v) is 9.35. The molecule has 0 aliphatic heterocycles. The predicted molar refractivity (Wildman–Crippen MR) is 63.8 cm³/mol. The fraction of sp³-hybridized carbons (Fsp3) is 0. The lowest BCUT2D eigenvalue weighted by Crippen LogP contribution is -2.04. The van der Waals surface area contributed by atoms with E-state index in [1.165, 1.54) is 17.8 Å². The zero-order chi connectivity index (χ0) is 10.7. The number of amides is 1. The lowest BCUT2D eigenvalue weighted by Gasteiger charge is -1.83. The first-order chi connectivity index (χ1) is 7.25. The normalized spacial score (nSPS) is 11.2. The maximum absolute atomic E-state index is 10.5. The number of rotatable bonds is 3. The Morgan fingerprint density at radius 3 is 3.00 bits per heavy atom. The fourth-order valence-electron chi connectivity index (χ4n) is 1.06. The Balaban J connectivity index is 2.19. The van der Waals surface area contributed by atoms with Crippen LogP contribution in [-0.2, 0) is 4.79 Å². The van der Waals surface area contributed by atoms with E-state index in [-0.39, 0.29) is 0 Å². The molecule has 0 radical (unpaired) electrons. The molecule has 0 spiro atoms. The molecule has 0 saturated heterocycles. The molecular formula is C10H8N2OS2. The van der Waals surface area contributed by atoms with Gasteiger partial charge in [0.15, 0.2) is 4.34 Å². The first kappa shape index (κ1) is 10.2. The first-order valence-corrected chi connectivity index (χ1v) is 5.93. The molecule has 0 aliphatic carbocycles. The van der Waals surface area contributed by atoms with Crippen molar-refractivity contribution in [3.63, 3.8) is 0 Å². The molecule has 1 aromatic carbocycles. The van der Waals surface area contributed by atoms with E-state index in [2.05, 4.69) is 4.98 Å². The van der Waals surface area contributed by atoms with Crippen molar-refractivity contribution in [2.24, 2.45) is 5.73 Å². The quantitative estimate of drug-likeness (QED) is 0.657. The van der Waals surface area contributed by atoms with E-state index < -0.39 is 5.91 Å². The first-order valence-electron chi connectivity index (χ1n) is 4.24. The SMILES string of the molecule is NC(=O)C=CSc1nc2ccccc2s1. The van der Waals surface area contributed by atoms with Gasteiger partial charge in [-0.25, -0.2) is 4.98 Å². The molecule has 1 heterocycles. The van der Waals surface area contributed by atoms with Crippen LogP contribution in [0.25, 0.3) is 10.2 Å². The number of primary amides is 1. The highest BCUT2D eigenvalue weighted by molar-refractivity contribution is 8.03. The van der Waals surface area contributed by atoms with Crippen LogP contribution in [0.2, 0.25) is 0 Å². The second kappa shape index (κ2) is 4.46. The molecule has 0 unspecified atom stereocenters. The maximum atomic E-state index is 10.5. The Labute approximate surface area is 95.0 Å². The minimum atomic E-state index is -0.441. The fourth-order valence-corrected chi connectivity index (χ4v) is 2.86. The minimum absolute atomic E-state index is 0.441. The van der Waals surface area contributed by atoms with Crippen LogP contribution >= 0.6 is 23.1 Å². The van der Waals surface area contributed by atoms with Crippen molar-refractivity contribution >= 4 is 39.2 Å². The number of benzene rings is 1. The number of nitrogens with zero attached hydrogens (tertiary/aromatic N) is 1. The number of carbonyl (C=O) groups excluding carboxylic acids is 1. The number of carbonyl (C=O) groups is 1. The van der Waals surface area contributed by atoms with E-state index in [0.717, 1.165) is 14.6 Å². The Kier molecular flexibility index (Phi) is 3.03. The Hall–Kier alpha value is -1.33. The van der Waals surface area contributed by atoms with E-state index in [1.807, 2.05) is 24.3 Å². The molecular weight excluding hydrogens is 228 g/mol. The third-order valence-corrected chi connectivity index (χ3v) is 3.61. The third-order valence-electron chi connectivity index (χ3n) is 1.68. The van der Waals surface area contributed by atoms with Crippen molar-refractivity contribution in [1.82, 2.24) is 4.98 Å². The van der Waals surface area contributed by atoms with Crippen LogP contribution in [0, 0.1) is 0 Å². The standard InChI is InChI=1S/C10H8N2OS2/c11-9(13)5-6-14-10-12-7-3-1-2-4-8(7)15-10/h1-6H,(H2,11,13). The number of thiazole rings is 1. The molecule has 76 valence electrons. The summed E-state index contributed by atoms with van der Waals surface area (Å²) in [6.45, 7) is 0. The number of hydrogen-bond donors (Lipinski definition) is 1. The average molecular weight is 236 g/mol. The van der Waals surface area contributed by atoms with Crippen LogP contribution in [0.3, 0.4) is 0 Å². The van der Waals surface area contributed by atoms with E-state index in [0.29, 0.717) is 0 Å². The van der Waals surface area contributed by atoms with Gasteiger partial charge in [-0.3, -0.25) is 4.79 Å². The number of hydrogen-bond acceptors (Lipinski definition) is 4. The summed E-state index contributed by atoms with van der Waals surface area (Å²) in [6.07, 6.45) is 1.33. The molecule has 0 fully saturated rings. The molecule has 0 saturated carbocycles. The lowest BCUT2D eigenvalue weighted by molar-refractivity contribution is -0.113. The molecule has 2 N–H and O–H groups in total. The Morgan fingerprint density at radius 2 is 2.27 bits per heavy atom. The second-order valence-electron chi connectivity index (χ2n) is 2.77. The monoisotopic (exact) mass is 236 g/mol. The molecule has 0 aliphatic rings. The van der Waals surface area contributed by atoms with Crippen molar-refractivity contribution in [3.8, 4) is 0 Å². The molecule has 5 heteroatoms. The van der Waals surface area contributed by atoms with Gasteiger partial charge in [0.1, 0.15) is 0 Å². The lowest BCUT2D eigenvalue weighted by atomic mass is 10.3. The van der Waals surface area contributed by atoms with Gasteiger partial charge in [0.25, 0.3) is 0 Å². The van der Waals surface area contributed by atoms with Crippen molar-refractivity contribution in [2.45, 2.75) is 4.34 Å². The van der Waals surface area contributed by atoms with Gasteiger partial charge in [-0.05, 0) is 17.5 Å². The van der Waals surface area contributed by atoms with Gasteiger partial charge in [-0.2, -0.15) is 0 Å². The second-order valence-corrected chi connectivity index (χ2v) is 4.95. The number of fused-ring (bicyclic) bond motifs is 1. The van der Waals surface area contributed by atoms with Gasteiger partial charge in [0.2, 0.25) is 5.91 Å². The molecule has 15 heavy (non-hydrogen) atoms. The van der Waals surface area contributed by atoms with E-state index >= 15 is 0 Å². The summed E-state index contributed by atoms with van der Waals surface area (Å²) < 4.78 is 2.06. The zero-order valence-electron chi connectivity index (χ0n) is 7.71. The highest BCUT2D eigenvalue weighted by Gasteiger charge is 2.01. The van der Waals surface area contributed by atoms with Gasteiger partial charge in [-0.1, -0.05) is 23.9 Å². The van der Waals surface area contributed by atoms with Gasteiger partial charge in [0.05, 0.1) is 10.2 Å². The van der Waals surface area contributed by atoms with E-state index in [1.54, 1.807) is 16.7 Å². The summed E-state index contributed by atoms with van der Waals surface area (Å²) in [4.78, 5) is 14.9. The van der Waals surface area contributed by atoms with Crippen molar-refractivity contribution < 1.29 is 4.79 Å². The van der Waals surface area contributed by atoms with Crippen LogP contribution in [0.5, 0.6) is 0 Å². The highest BCUT2D eigenvalue weighted by Crippen LogP contribution is 2.29. The number of nitrogens with two attached hydrogens (primary N) is 1. The smallest absolute Gasteiger partial charge is 0.241 e. The van der Waals surface area contributed by atoms with Crippen molar-refractivity contribution in [1.29, 1.82) is 0 Å². The number of aromatic nitrogens is 1. The minimum Gasteiger partial charge on any atom is -0.366 e. The Morgan fingerprint density at radius 1 is 1.47 bits per heavy atom. The molecule has 0 atom stereocenters. The number of para-hydroxylation sites is 1. The molecule has 2 rings (SSSR count). The van der Waals surface area contributed by atoms with Gasteiger partial charge < -0.3 is 5.73 Å². The number of thioether (sulfide) groups is 1. The summed E-state index contributed by atoms with van der Waals surface area (Å²) in [6, 6.07) is 7.92. The van der Waals surface area contributed by atoms with E-state index in [9.17, 15) is 4.79 Å². The molecule has 0 bridgehead atoms. The largest absolute Gasteiger partial charge is 0.366 e. The summed E-state index contributed by atoms with van der Waals surface area (Å²) in [5.74, 6) is -0.441. The van der Waals surface area contributed by atoms with Gasteiger partial charge >= 0.3 is 0 Å². The summed E-state index contributed by atoms with van der Waals surface area (Å²) in [5.41, 5.74) is 5.96. The average Bonchev–Trinajstić information content (AvgIpc) is 2.59. The molecule has 1 aromatic heterocycles. The Bertz CT molecular complexity index is 486. The van der Waals surface area contributed by atoms with Gasteiger partial charge in [-0.15, -0.1) is 11.3 Å². The van der Waals surface area contributed by atoms with Crippen LogP contribution in [0.4, 0.5) is 0 Å². The summed E-state index contributed by atoms with van der Waals surface area (Å²) in [7, 11) is 0. The maximum Gasteiger partial charge on any atom is 0.241 e. The molecule has 1 amide bonds. The van der Waals surface area contributed by atoms with Crippen molar-refractivity contribution in [2.75, 3.05) is 0 Å². The van der Waals surface area contributed by atoms with Crippen LogP contribution in [0.15, 0.2) is 40.1 Å². The molecule has 3 nitrogen and oxygen atoms in total. The van der Waals surface area contributed by atoms with Crippen molar-refractivity contribution in [3.05, 3.63) is 35.7 Å². The predicted octanol–water partition coefficient (Wildman–Crippen LogP) is 2.39. The van der Waals surface area contributed by atoms with Crippen LogP contribution < -0.4 is 5.73 Å². The summed E-state index contributed by atoms with van der Waals surface area (Å²) in [5, 5.41) is 1.65. The van der Waals surface area contributed by atoms with E-state index in [4.69, 9.17) is 5.73 Å². The summed E-state index contributed by atoms with van der Waals surface area (Å²) >= 11 is 3.00. The molecule has 2 aromatic rings. The highest BCUT2D eigenvalue weighted by atomic mass is 32.2. The third kappa shape index (κ3) is 2.57.